The molecule has 1 aliphatic heterocycles. The predicted molar refractivity (Wildman–Crippen MR) is 56.9 cm³/mol. The smallest absolute Gasteiger partial charge is 0.203 e. The van der Waals surface area contributed by atoms with Gasteiger partial charge in [-0.1, -0.05) is 6.07 Å². The predicted octanol–water partition coefficient (Wildman–Crippen LogP) is 1.30. The van der Waals surface area contributed by atoms with E-state index in [1.54, 1.807) is 20.3 Å². The highest BCUT2D eigenvalue weighted by molar-refractivity contribution is 7.84. The minimum Gasteiger partial charge on any atom is -0.493 e. The molecule has 0 aromatic heterocycles. The first-order valence-corrected chi connectivity index (χ1v) is 5.96. The fraction of sp³-hybridized carbons (Fsp3) is 0.400. The monoisotopic (exact) mass is 228 g/mol. The van der Waals surface area contributed by atoms with Gasteiger partial charge < -0.3 is 14.2 Å². The van der Waals surface area contributed by atoms with E-state index in [9.17, 15) is 4.21 Å². The van der Waals surface area contributed by atoms with Gasteiger partial charge in [-0.15, -0.1) is 0 Å². The van der Waals surface area contributed by atoms with Crippen molar-refractivity contribution in [1.82, 2.24) is 0 Å². The summed E-state index contributed by atoms with van der Waals surface area (Å²) in [4.78, 5) is 0. The molecule has 0 saturated heterocycles. The van der Waals surface area contributed by atoms with Crippen LogP contribution in [0.1, 0.15) is 5.56 Å². The minimum absolute atomic E-state index is 0.219. The number of hydrogen-bond acceptors (Lipinski definition) is 4. The molecule has 1 atom stereocenters. The molecule has 1 aliphatic rings. The quantitative estimate of drug-likeness (QED) is 0.765. The third-order valence-electron chi connectivity index (χ3n) is 2.23. The van der Waals surface area contributed by atoms with E-state index < -0.39 is 10.8 Å². The van der Waals surface area contributed by atoms with E-state index in [1.165, 1.54) is 0 Å². The summed E-state index contributed by atoms with van der Waals surface area (Å²) in [5, 5.41) is 0. The summed E-state index contributed by atoms with van der Waals surface area (Å²) in [6, 6.07) is 3.65. The van der Waals surface area contributed by atoms with E-state index in [4.69, 9.17) is 14.2 Å². The van der Waals surface area contributed by atoms with E-state index in [0.29, 0.717) is 23.0 Å². The molecule has 1 aromatic carbocycles. The van der Waals surface area contributed by atoms with Gasteiger partial charge in [-0.2, -0.15) is 0 Å². The van der Waals surface area contributed by atoms with Gasteiger partial charge in [0.1, 0.15) is 0 Å². The second-order valence-electron chi connectivity index (χ2n) is 3.14. The van der Waals surface area contributed by atoms with E-state index >= 15 is 0 Å². The van der Waals surface area contributed by atoms with E-state index in [0.717, 1.165) is 5.56 Å². The number of methoxy groups -OCH3 is 2. The molecule has 1 aromatic rings. The van der Waals surface area contributed by atoms with Gasteiger partial charge in [0.25, 0.3) is 0 Å². The molecular weight excluding hydrogens is 216 g/mol. The van der Waals surface area contributed by atoms with E-state index in [1.807, 2.05) is 6.07 Å². The number of rotatable bonds is 2. The molecule has 0 amide bonds. The zero-order chi connectivity index (χ0) is 10.8. The Kier molecular flexibility index (Phi) is 2.81. The van der Waals surface area contributed by atoms with Gasteiger partial charge in [0.2, 0.25) is 5.75 Å². The Bertz CT molecular complexity index is 403. The molecule has 0 radical (unpaired) electrons. The Morgan fingerprint density at radius 2 is 2.13 bits per heavy atom. The molecule has 1 heterocycles. The fourth-order valence-electron chi connectivity index (χ4n) is 1.55. The molecule has 0 bridgehead atoms. The van der Waals surface area contributed by atoms with Crippen molar-refractivity contribution in [3.63, 3.8) is 0 Å². The normalized spacial score (nSPS) is 18.9. The number of hydrogen-bond donors (Lipinski definition) is 0. The summed E-state index contributed by atoms with van der Waals surface area (Å²) < 4.78 is 27.1. The topological polar surface area (TPSA) is 44.8 Å². The zero-order valence-electron chi connectivity index (χ0n) is 8.61. The summed E-state index contributed by atoms with van der Waals surface area (Å²) in [7, 11) is 2.20. The molecule has 0 spiro atoms. The molecule has 1 unspecified atom stereocenters. The molecule has 0 N–H and O–H groups in total. The van der Waals surface area contributed by atoms with Crippen molar-refractivity contribution < 1.29 is 18.4 Å². The first-order valence-electron chi connectivity index (χ1n) is 4.48. The van der Waals surface area contributed by atoms with E-state index in [-0.39, 0.29) is 5.94 Å². The summed E-state index contributed by atoms with van der Waals surface area (Å²) in [6.07, 6.45) is 0. The van der Waals surface area contributed by atoms with Gasteiger partial charge >= 0.3 is 0 Å². The maximum Gasteiger partial charge on any atom is 0.203 e. The lowest BCUT2D eigenvalue weighted by atomic mass is 10.2. The fourth-order valence-corrected chi connectivity index (χ4v) is 2.46. The van der Waals surface area contributed by atoms with Gasteiger partial charge in [-0.05, 0) is 6.07 Å². The van der Waals surface area contributed by atoms with E-state index in [2.05, 4.69) is 0 Å². The average Bonchev–Trinajstić information content (AvgIpc) is 2.27. The first kappa shape index (κ1) is 10.3. The largest absolute Gasteiger partial charge is 0.493 e. The Hall–Kier alpha value is -1.23. The van der Waals surface area contributed by atoms with Crippen LogP contribution in [0.5, 0.6) is 17.2 Å². The highest BCUT2D eigenvalue weighted by atomic mass is 32.2. The molecule has 82 valence electrons. The van der Waals surface area contributed by atoms with Crippen LogP contribution >= 0.6 is 0 Å². The van der Waals surface area contributed by atoms with Crippen molar-refractivity contribution in [2.45, 2.75) is 5.75 Å². The standard InChI is InChI=1S/C10H12O4S/c1-12-8-4-3-7-5-15(11)6-14-9(7)10(8)13-2/h3-4H,5-6H2,1-2H3. The summed E-state index contributed by atoms with van der Waals surface area (Å²) >= 11 is 0. The van der Waals surface area contributed by atoms with Crippen LogP contribution in [0, 0.1) is 0 Å². The van der Waals surface area contributed by atoms with Gasteiger partial charge in [-0.25, -0.2) is 0 Å². The molecule has 0 fully saturated rings. The lowest BCUT2D eigenvalue weighted by molar-refractivity contribution is 0.311. The third kappa shape index (κ3) is 1.79. The highest BCUT2D eigenvalue weighted by Gasteiger charge is 2.22. The highest BCUT2D eigenvalue weighted by Crippen LogP contribution is 2.41. The Labute approximate surface area is 90.6 Å². The molecular formula is C10H12O4S. The minimum atomic E-state index is -0.939. The van der Waals surface area contributed by atoms with Crippen LogP contribution in [0.15, 0.2) is 12.1 Å². The zero-order valence-corrected chi connectivity index (χ0v) is 9.43. The summed E-state index contributed by atoms with van der Waals surface area (Å²) in [6.45, 7) is 0. The van der Waals surface area contributed by atoms with Gasteiger partial charge in [-0.3, -0.25) is 4.21 Å². The van der Waals surface area contributed by atoms with Crippen molar-refractivity contribution in [3.05, 3.63) is 17.7 Å². The van der Waals surface area contributed by atoms with Crippen molar-refractivity contribution >= 4 is 10.8 Å². The van der Waals surface area contributed by atoms with Gasteiger partial charge in [0, 0.05) is 5.56 Å². The molecule has 0 aliphatic carbocycles. The Morgan fingerprint density at radius 1 is 1.33 bits per heavy atom. The lowest BCUT2D eigenvalue weighted by Crippen LogP contribution is -2.15. The van der Waals surface area contributed by atoms with Crippen LogP contribution < -0.4 is 14.2 Å². The molecule has 15 heavy (non-hydrogen) atoms. The summed E-state index contributed by atoms with van der Waals surface area (Å²) in [5.41, 5.74) is 0.900. The van der Waals surface area contributed by atoms with Crippen LogP contribution in [-0.4, -0.2) is 24.4 Å². The molecule has 5 heteroatoms. The number of ether oxygens (including phenoxy) is 3. The Morgan fingerprint density at radius 3 is 2.80 bits per heavy atom. The van der Waals surface area contributed by atoms with Crippen LogP contribution in [0.3, 0.4) is 0 Å². The lowest BCUT2D eigenvalue weighted by Gasteiger charge is -2.20. The average molecular weight is 228 g/mol. The van der Waals surface area contributed by atoms with Crippen molar-refractivity contribution in [3.8, 4) is 17.2 Å². The third-order valence-corrected chi connectivity index (χ3v) is 3.25. The Balaban J connectivity index is 2.50. The first-order chi connectivity index (χ1) is 7.26. The van der Waals surface area contributed by atoms with Crippen LogP contribution in [-0.2, 0) is 16.6 Å². The molecule has 2 rings (SSSR count). The summed E-state index contributed by atoms with van der Waals surface area (Å²) in [5.74, 6) is 2.58. The number of fused-ring (bicyclic) bond motifs is 1. The SMILES string of the molecule is COc1ccc2c(c1OC)OCS(=O)C2. The maximum atomic E-state index is 11.3. The van der Waals surface area contributed by atoms with Crippen molar-refractivity contribution in [2.75, 3.05) is 20.2 Å². The van der Waals surface area contributed by atoms with Crippen LogP contribution in [0.4, 0.5) is 0 Å². The maximum absolute atomic E-state index is 11.3. The van der Waals surface area contributed by atoms with Gasteiger partial charge in [0.05, 0.1) is 30.8 Å². The molecule has 4 nitrogen and oxygen atoms in total. The van der Waals surface area contributed by atoms with Crippen LogP contribution in [0.25, 0.3) is 0 Å². The van der Waals surface area contributed by atoms with Crippen LogP contribution in [0.2, 0.25) is 0 Å². The number of benzene rings is 1. The van der Waals surface area contributed by atoms with Crippen molar-refractivity contribution in [2.24, 2.45) is 0 Å². The van der Waals surface area contributed by atoms with Gasteiger partial charge in [0.15, 0.2) is 17.4 Å². The second kappa shape index (κ2) is 4.10. The second-order valence-corrected chi connectivity index (χ2v) is 4.54. The molecule has 0 saturated carbocycles. The van der Waals surface area contributed by atoms with Crippen molar-refractivity contribution in [1.29, 1.82) is 0 Å².